The second-order valence-corrected chi connectivity index (χ2v) is 4.25. The molecular formula is C11H10ClN3O. The van der Waals surface area contributed by atoms with Crippen LogP contribution < -0.4 is 5.32 Å². The van der Waals surface area contributed by atoms with Crippen LogP contribution in [0.5, 0.6) is 0 Å². The van der Waals surface area contributed by atoms with Gasteiger partial charge in [-0.2, -0.15) is 0 Å². The minimum Gasteiger partial charge on any atom is -0.420 e. The average Bonchev–Trinajstić information content (AvgIpc) is 2.64. The van der Waals surface area contributed by atoms with E-state index >= 15 is 0 Å². The molecule has 2 heterocycles. The summed E-state index contributed by atoms with van der Waals surface area (Å²) in [5, 5.41) is 11.9. The molecule has 0 saturated carbocycles. The van der Waals surface area contributed by atoms with Gasteiger partial charge in [-0.15, -0.1) is 10.2 Å². The molecule has 1 N–H and O–H groups in total. The fraction of sp³-hybridized carbons (Fsp3) is 0.273. The maximum atomic E-state index is 5.90. The highest BCUT2D eigenvalue weighted by atomic mass is 35.5. The highest BCUT2D eigenvalue weighted by Gasteiger charge is 2.24. The van der Waals surface area contributed by atoms with Crippen LogP contribution in [0.4, 0.5) is 0 Å². The molecule has 1 aliphatic heterocycles. The van der Waals surface area contributed by atoms with Crippen LogP contribution in [0.3, 0.4) is 0 Å². The van der Waals surface area contributed by atoms with Gasteiger partial charge in [-0.05, 0) is 18.2 Å². The molecule has 0 unspecified atom stereocenters. The molecule has 5 heteroatoms. The molecule has 0 atom stereocenters. The summed E-state index contributed by atoms with van der Waals surface area (Å²) in [5.41, 5.74) is 0.860. The number of aromatic nitrogens is 2. The number of rotatable bonds is 2. The van der Waals surface area contributed by atoms with E-state index in [0.29, 0.717) is 22.7 Å². The third-order valence-electron chi connectivity index (χ3n) is 2.64. The van der Waals surface area contributed by atoms with Crippen molar-refractivity contribution in [1.29, 1.82) is 0 Å². The normalized spacial score (nSPS) is 16.1. The summed E-state index contributed by atoms with van der Waals surface area (Å²) < 4.78 is 5.61. The molecule has 1 aromatic carbocycles. The number of hydrogen-bond donors (Lipinski definition) is 1. The molecule has 82 valence electrons. The van der Waals surface area contributed by atoms with E-state index in [1.165, 1.54) is 0 Å². The fourth-order valence-electron chi connectivity index (χ4n) is 1.60. The van der Waals surface area contributed by atoms with Gasteiger partial charge >= 0.3 is 0 Å². The maximum Gasteiger partial charge on any atom is 0.247 e. The smallest absolute Gasteiger partial charge is 0.247 e. The van der Waals surface area contributed by atoms with Crippen LogP contribution >= 0.6 is 11.6 Å². The first-order chi connectivity index (χ1) is 7.83. The van der Waals surface area contributed by atoms with Crippen molar-refractivity contribution in [3.8, 4) is 11.5 Å². The summed E-state index contributed by atoms with van der Waals surface area (Å²) in [6.45, 7) is 1.83. The third-order valence-corrected chi connectivity index (χ3v) is 2.88. The Morgan fingerprint density at radius 3 is 2.88 bits per heavy atom. The van der Waals surface area contributed by atoms with Gasteiger partial charge in [0.2, 0.25) is 11.8 Å². The molecule has 16 heavy (non-hydrogen) atoms. The first-order valence-electron chi connectivity index (χ1n) is 5.13. The molecule has 0 radical (unpaired) electrons. The Morgan fingerprint density at radius 2 is 2.19 bits per heavy atom. The maximum absolute atomic E-state index is 5.90. The largest absolute Gasteiger partial charge is 0.420 e. The first kappa shape index (κ1) is 9.81. The van der Waals surface area contributed by atoms with Crippen molar-refractivity contribution in [1.82, 2.24) is 15.5 Å². The number of benzene rings is 1. The van der Waals surface area contributed by atoms with E-state index in [1.807, 2.05) is 24.3 Å². The van der Waals surface area contributed by atoms with Gasteiger partial charge in [0.05, 0.1) is 5.92 Å². The zero-order valence-electron chi connectivity index (χ0n) is 8.48. The van der Waals surface area contributed by atoms with E-state index < -0.39 is 0 Å². The van der Waals surface area contributed by atoms with Gasteiger partial charge in [0.25, 0.3) is 0 Å². The molecule has 1 aliphatic rings. The van der Waals surface area contributed by atoms with Crippen LogP contribution in [0.2, 0.25) is 5.02 Å². The number of halogens is 1. The topological polar surface area (TPSA) is 51.0 Å². The Labute approximate surface area is 97.6 Å². The second-order valence-electron chi connectivity index (χ2n) is 3.81. The van der Waals surface area contributed by atoms with Crippen LogP contribution in [0.1, 0.15) is 11.8 Å². The Morgan fingerprint density at radius 1 is 1.31 bits per heavy atom. The molecule has 3 rings (SSSR count). The SMILES string of the molecule is Clc1cccc(-c2nnc(C3CNC3)o2)c1. The van der Waals surface area contributed by atoms with Crippen molar-refractivity contribution in [2.45, 2.75) is 5.92 Å². The molecule has 2 aromatic rings. The summed E-state index contributed by atoms with van der Waals surface area (Å²) in [7, 11) is 0. The van der Waals surface area contributed by atoms with Gasteiger partial charge in [-0.3, -0.25) is 0 Å². The van der Waals surface area contributed by atoms with E-state index in [1.54, 1.807) is 0 Å². The molecule has 0 aliphatic carbocycles. The van der Waals surface area contributed by atoms with Crippen molar-refractivity contribution in [3.05, 3.63) is 35.2 Å². The van der Waals surface area contributed by atoms with E-state index in [9.17, 15) is 0 Å². The monoisotopic (exact) mass is 235 g/mol. The summed E-state index contributed by atoms with van der Waals surface area (Å²) in [5.74, 6) is 1.60. The lowest BCUT2D eigenvalue weighted by atomic mass is 10.0. The molecule has 1 fully saturated rings. The second kappa shape index (κ2) is 3.88. The highest BCUT2D eigenvalue weighted by Crippen LogP contribution is 2.25. The molecule has 0 bridgehead atoms. The van der Waals surface area contributed by atoms with Crippen molar-refractivity contribution in [3.63, 3.8) is 0 Å². The predicted molar refractivity (Wildman–Crippen MR) is 60.4 cm³/mol. The highest BCUT2D eigenvalue weighted by molar-refractivity contribution is 6.30. The molecule has 0 amide bonds. The Balaban J connectivity index is 1.91. The van der Waals surface area contributed by atoms with Crippen LogP contribution in [0, 0.1) is 0 Å². The van der Waals surface area contributed by atoms with Crippen molar-refractivity contribution >= 4 is 11.6 Å². The molecule has 4 nitrogen and oxygen atoms in total. The number of hydrogen-bond acceptors (Lipinski definition) is 4. The van der Waals surface area contributed by atoms with Crippen molar-refractivity contribution in [2.24, 2.45) is 0 Å². The van der Waals surface area contributed by atoms with Crippen LogP contribution in [-0.4, -0.2) is 23.3 Å². The van der Waals surface area contributed by atoms with E-state index in [0.717, 1.165) is 18.7 Å². The lowest BCUT2D eigenvalue weighted by molar-refractivity contribution is 0.361. The Kier molecular flexibility index (Phi) is 2.38. The Hall–Kier alpha value is -1.39. The minimum atomic E-state index is 0.362. The standard InChI is InChI=1S/C11H10ClN3O/c12-9-3-1-2-7(4-9)10-14-15-11(16-10)8-5-13-6-8/h1-4,8,13H,5-6H2. The van der Waals surface area contributed by atoms with E-state index in [-0.39, 0.29) is 0 Å². The molecule has 0 spiro atoms. The molecular weight excluding hydrogens is 226 g/mol. The van der Waals surface area contributed by atoms with Gasteiger partial charge in [-0.25, -0.2) is 0 Å². The van der Waals surface area contributed by atoms with Crippen molar-refractivity contribution < 1.29 is 4.42 Å². The van der Waals surface area contributed by atoms with Crippen LogP contribution in [0.15, 0.2) is 28.7 Å². The van der Waals surface area contributed by atoms with E-state index in [4.69, 9.17) is 16.0 Å². The fourth-order valence-corrected chi connectivity index (χ4v) is 1.79. The van der Waals surface area contributed by atoms with Gasteiger partial charge in [0.1, 0.15) is 0 Å². The van der Waals surface area contributed by atoms with Gasteiger partial charge in [-0.1, -0.05) is 17.7 Å². The minimum absolute atomic E-state index is 0.362. The summed E-state index contributed by atoms with van der Waals surface area (Å²) in [6.07, 6.45) is 0. The summed E-state index contributed by atoms with van der Waals surface area (Å²) >= 11 is 5.90. The van der Waals surface area contributed by atoms with Gasteiger partial charge in [0, 0.05) is 23.7 Å². The van der Waals surface area contributed by atoms with Crippen molar-refractivity contribution in [2.75, 3.05) is 13.1 Å². The van der Waals surface area contributed by atoms with Gasteiger partial charge < -0.3 is 9.73 Å². The third kappa shape index (κ3) is 1.70. The zero-order chi connectivity index (χ0) is 11.0. The first-order valence-corrected chi connectivity index (χ1v) is 5.51. The van der Waals surface area contributed by atoms with E-state index in [2.05, 4.69) is 15.5 Å². The molecule has 1 saturated heterocycles. The number of nitrogens with one attached hydrogen (secondary N) is 1. The summed E-state index contributed by atoms with van der Waals surface area (Å²) in [6, 6.07) is 7.41. The molecule has 1 aromatic heterocycles. The lowest BCUT2D eigenvalue weighted by Gasteiger charge is -2.22. The quantitative estimate of drug-likeness (QED) is 0.866. The average molecular weight is 236 g/mol. The van der Waals surface area contributed by atoms with Crippen LogP contribution in [0.25, 0.3) is 11.5 Å². The summed E-state index contributed by atoms with van der Waals surface area (Å²) in [4.78, 5) is 0. The van der Waals surface area contributed by atoms with Gasteiger partial charge in [0.15, 0.2) is 0 Å². The zero-order valence-corrected chi connectivity index (χ0v) is 9.24. The number of nitrogens with zero attached hydrogens (tertiary/aromatic N) is 2. The Bertz CT molecular complexity index is 507. The lowest BCUT2D eigenvalue weighted by Crippen LogP contribution is -2.40. The predicted octanol–water partition coefficient (Wildman–Crippen LogP) is 2.08. The van der Waals surface area contributed by atoms with Crippen LogP contribution in [-0.2, 0) is 0 Å².